The molecule has 0 spiro atoms. The van der Waals surface area contributed by atoms with Gasteiger partial charge in [0.25, 0.3) is 0 Å². The van der Waals surface area contributed by atoms with Gasteiger partial charge in [-0.2, -0.15) is 25.3 Å². The van der Waals surface area contributed by atoms with Crippen molar-refractivity contribution in [2.45, 2.75) is 13.3 Å². The van der Waals surface area contributed by atoms with Crippen LogP contribution in [0.3, 0.4) is 0 Å². The molecule has 0 fully saturated rings. The number of hydrogen-bond donors (Lipinski definition) is 2. The van der Waals surface area contributed by atoms with E-state index in [1.807, 2.05) is 0 Å². The van der Waals surface area contributed by atoms with Crippen molar-refractivity contribution in [3.8, 4) is 0 Å². The number of benzene rings is 1. The van der Waals surface area contributed by atoms with E-state index in [-0.39, 0.29) is 0 Å². The number of anilines is 1. The van der Waals surface area contributed by atoms with Crippen LogP contribution in [0.2, 0.25) is 0 Å². The number of rotatable bonds is 6. The summed E-state index contributed by atoms with van der Waals surface area (Å²) in [6.45, 7) is 4.21. The maximum atomic E-state index is 4.27. The third-order valence-electron chi connectivity index (χ3n) is 2.45. The second-order valence-corrected chi connectivity index (χ2v) is 4.34. The smallest absolute Gasteiger partial charge is 0.0366 e. The van der Waals surface area contributed by atoms with E-state index < -0.39 is 0 Å². The summed E-state index contributed by atoms with van der Waals surface area (Å²) < 4.78 is 0. The van der Waals surface area contributed by atoms with Crippen molar-refractivity contribution in [3.05, 3.63) is 29.8 Å². The molecule has 0 heterocycles. The van der Waals surface area contributed by atoms with Crippen molar-refractivity contribution in [3.63, 3.8) is 0 Å². The highest BCUT2D eigenvalue weighted by molar-refractivity contribution is 7.80. The van der Waals surface area contributed by atoms with Gasteiger partial charge in [0.15, 0.2) is 0 Å². The van der Waals surface area contributed by atoms with Gasteiger partial charge in [0.1, 0.15) is 0 Å². The van der Waals surface area contributed by atoms with Crippen molar-refractivity contribution in [2.75, 3.05) is 29.5 Å². The van der Waals surface area contributed by atoms with E-state index >= 15 is 0 Å². The Bertz CT molecular complexity index is 271. The fraction of sp³-hybridized carbons (Fsp3) is 0.500. The fourth-order valence-corrected chi connectivity index (χ4v) is 2.09. The maximum absolute atomic E-state index is 4.27. The zero-order valence-corrected chi connectivity index (χ0v) is 11.0. The van der Waals surface area contributed by atoms with Gasteiger partial charge in [-0.3, -0.25) is 0 Å². The second kappa shape index (κ2) is 7.07. The molecule has 1 nitrogen and oxygen atoms in total. The van der Waals surface area contributed by atoms with Gasteiger partial charge in [0.05, 0.1) is 0 Å². The lowest BCUT2D eigenvalue weighted by molar-refractivity contribution is 0.873. The van der Waals surface area contributed by atoms with Gasteiger partial charge < -0.3 is 4.90 Å². The highest BCUT2D eigenvalue weighted by Gasteiger charge is 2.02. The lowest BCUT2D eigenvalue weighted by Crippen LogP contribution is -2.24. The van der Waals surface area contributed by atoms with Gasteiger partial charge in [0, 0.05) is 24.5 Å². The fourth-order valence-electron chi connectivity index (χ4n) is 1.59. The zero-order chi connectivity index (χ0) is 11.1. The lowest BCUT2D eigenvalue weighted by atomic mass is 10.1. The number of aryl methyl sites for hydroxylation is 1. The molecule has 0 saturated carbocycles. The van der Waals surface area contributed by atoms with Crippen molar-refractivity contribution >= 4 is 30.9 Å². The van der Waals surface area contributed by atoms with E-state index in [1.165, 1.54) is 11.3 Å². The molecule has 1 rings (SSSR count). The monoisotopic (exact) mass is 241 g/mol. The molecular formula is C12H19NS2. The number of nitrogens with zero attached hydrogens (tertiary/aromatic N) is 1. The maximum Gasteiger partial charge on any atom is 0.0366 e. The predicted molar refractivity (Wildman–Crippen MR) is 75.7 cm³/mol. The van der Waals surface area contributed by atoms with Crippen LogP contribution in [0.15, 0.2) is 24.3 Å². The summed E-state index contributed by atoms with van der Waals surface area (Å²) in [5.74, 6) is 1.81. The summed E-state index contributed by atoms with van der Waals surface area (Å²) in [5, 5.41) is 0. The summed E-state index contributed by atoms with van der Waals surface area (Å²) in [7, 11) is 0. The van der Waals surface area contributed by atoms with Crippen LogP contribution >= 0.6 is 25.3 Å². The first-order valence-electron chi connectivity index (χ1n) is 5.37. The topological polar surface area (TPSA) is 3.24 Å². The quantitative estimate of drug-likeness (QED) is 0.724. The highest BCUT2D eigenvalue weighted by Crippen LogP contribution is 2.15. The van der Waals surface area contributed by atoms with E-state index in [0.717, 1.165) is 31.0 Å². The van der Waals surface area contributed by atoms with Crippen LogP contribution in [0, 0.1) is 0 Å². The molecule has 0 bridgehead atoms. The molecule has 0 amide bonds. The van der Waals surface area contributed by atoms with E-state index in [1.54, 1.807) is 0 Å². The highest BCUT2D eigenvalue weighted by atomic mass is 32.1. The molecule has 0 unspecified atom stereocenters. The minimum absolute atomic E-state index is 0.895. The Morgan fingerprint density at radius 3 is 2.20 bits per heavy atom. The van der Waals surface area contributed by atoms with Gasteiger partial charge in [-0.25, -0.2) is 0 Å². The Kier molecular flexibility index (Phi) is 6.03. The molecule has 0 aliphatic heterocycles. The normalized spacial score (nSPS) is 10.3. The molecule has 0 aliphatic rings. The standard InChI is InChI=1S/C12H19NS2/c1-2-13(8-10-15)12-5-3-11(4-6-12)7-9-14/h3-6,14-15H,2,7-10H2,1H3. The minimum atomic E-state index is 0.895. The minimum Gasteiger partial charge on any atom is -0.371 e. The molecule has 84 valence electrons. The third-order valence-corrected chi connectivity index (χ3v) is 2.88. The van der Waals surface area contributed by atoms with E-state index in [9.17, 15) is 0 Å². The molecule has 0 atom stereocenters. The van der Waals surface area contributed by atoms with Gasteiger partial charge >= 0.3 is 0 Å². The summed E-state index contributed by atoms with van der Waals surface area (Å²) in [4.78, 5) is 2.33. The van der Waals surface area contributed by atoms with Crippen LogP contribution in [0.4, 0.5) is 5.69 Å². The average molecular weight is 241 g/mol. The van der Waals surface area contributed by atoms with Gasteiger partial charge in [-0.05, 0) is 36.8 Å². The van der Waals surface area contributed by atoms with Crippen molar-refractivity contribution in [1.29, 1.82) is 0 Å². The van der Waals surface area contributed by atoms with Crippen LogP contribution in [-0.2, 0) is 6.42 Å². The van der Waals surface area contributed by atoms with E-state index in [0.29, 0.717) is 0 Å². The molecule has 0 radical (unpaired) electrons. The predicted octanol–water partition coefficient (Wildman–Crippen LogP) is 2.92. The molecule has 0 aliphatic carbocycles. The van der Waals surface area contributed by atoms with Crippen LogP contribution in [0.5, 0.6) is 0 Å². The second-order valence-electron chi connectivity index (χ2n) is 3.44. The van der Waals surface area contributed by atoms with Crippen molar-refractivity contribution in [2.24, 2.45) is 0 Å². The molecule has 3 heteroatoms. The first-order chi connectivity index (χ1) is 7.31. The molecule has 1 aromatic rings. The zero-order valence-electron chi connectivity index (χ0n) is 9.19. The summed E-state index contributed by atoms with van der Waals surface area (Å²) in [6.07, 6.45) is 1.04. The molecule has 0 N–H and O–H groups in total. The Balaban J connectivity index is 2.68. The van der Waals surface area contributed by atoms with Crippen LogP contribution in [0.25, 0.3) is 0 Å². The lowest BCUT2D eigenvalue weighted by Gasteiger charge is -2.22. The van der Waals surface area contributed by atoms with Gasteiger partial charge in [0.2, 0.25) is 0 Å². The SMILES string of the molecule is CCN(CCS)c1ccc(CCS)cc1. The van der Waals surface area contributed by atoms with Crippen LogP contribution in [-0.4, -0.2) is 24.6 Å². The molecule has 15 heavy (non-hydrogen) atoms. The molecule has 0 aromatic heterocycles. The summed E-state index contributed by atoms with van der Waals surface area (Å²) in [5.41, 5.74) is 2.64. The summed E-state index contributed by atoms with van der Waals surface area (Å²) in [6, 6.07) is 8.75. The van der Waals surface area contributed by atoms with Crippen LogP contribution in [0.1, 0.15) is 12.5 Å². The van der Waals surface area contributed by atoms with Gasteiger partial charge in [-0.1, -0.05) is 12.1 Å². The number of hydrogen-bond acceptors (Lipinski definition) is 3. The molecule has 0 saturated heterocycles. The number of thiol groups is 2. The van der Waals surface area contributed by atoms with E-state index in [4.69, 9.17) is 0 Å². The Morgan fingerprint density at radius 1 is 1.07 bits per heavy atom. The van der Waals surface area contributed by atoms with E-state index in [2.05, 4.69) is 61.3 Å². The Labute approximate surface area is 104 Å². The first kappa shape index (κ1) is 12.8. The Morgan fingerprint density at radius 2 is 1.73 bits per heavy atom. The summed E-state index contributed by atoms with van der Waals surface area (Å²) >= 11 is 8.50. The molecule has 1 aromatic carbocycles. The Hall–Kier alpha value is -0.280. The average Bonchev–Trinajstić information content (AvgIpc) is 2.28. The third kappa shape index (κ3) is 3.99. The first-order valence-corrected chi connectivity index (χ1v) is 6.64. The van der Waals surface area contributed by atoms with Crippen molar-refractivity contribution < 1.29 is 0 Å². The van der Waals surface area contributed by atoms with Crippen LogP contribution < -0.4 is 4.90 Å². The van der Waals surface area contributed by atoms with Crippen molar-refractivity contribution in [1.82, 2.24) is 0 Å². The van der Waals surface area contributed by atoms with Gasteiger partial charge in [-0.15, -0.1) is 0 Å². The largest absolute Gasteiger partial charge is 0.371 e. The molecular weight excluding hydrogens is 222 g/mol.